The van der Waals surface area contributed by atoms with E-state index < -0.39 is 0 Å². The highest BCUT2D eigenvalue weighted by molar-refractivity contribution is 7.09. The van der Waals surface area contributed by atoms with Crippen LogP contribution >= 0.6 is 11.3 Å². The molecule has 90 valence electrons. The van der Waals surface area contributed by atoms with Crippen LogP contribution in [0, 0.1) is 6.92 Å². The second-order valence-corrected chi connectivity index (χ2v) is 4.73. The third kappa shape index (κ3) is 3.13. The van der Waals surface area contributed by atoms with Crippen LogP contribution in [0.5, 0.6) is 0 Å². The number of nitrogens with one attached hydrogen (secondary N) is 1. The standard InChI is InChI=1S/C11H14N4OS/c1-8-7-17-11(14-8)6-13-10(16)5-9-12-3-4-15(9)2/h3-4,7H,5-6H2,1-2H3,(H,13,16). The first kappa shape index (κ1) is 11.8. The van der Waals surface area contributed by atoms with Crippen molar-refractivity contribution in [1.82, 2.24) is 19.9 Å². The molecule has 0 saturated heterocycles. The second-order valence-electron chi connectivity index (χ2n) is 3.79. The van der Waals surface area contributed by atoms with Crippen molar-refractivity contribution < 1.29 is 4.79 Å². The first-order chi connectivity index (χ1) is 8.15. The number of aryl methyl sites for hydroxylation is 2. The van der Waals surface area contributed by atoms with Crippen LogP contribution in [0.15, 0.2) is 17.8 Å². The third-order valence-electron chi connectivity index (χ3n) is 2.34. The highest BCUT2D eigenvalue weighted by atomic mass is 32.1. The fraction of sp³-hybridized carbons (Fsp3) is 0.364. The lowest BCUT2D eigenvalue weighted by molar-refractivity contribution is -0.120. The van der Waals surface area contributed by atoms with E-state index in [1.165, 1.54) is 0 Å². The lowest BCUT2D eigenvalue weighted by Gasteiger charge is -2.03. The van der Waals surface area contributed by atoms with Crippen LogP contribution in [0.3, 0.4) is 0 Å². The second kappa shape index (κ2) is 5.09. The Hall–Kier alpha value is -1.69. The highest BCUT2D eigenvalue weighted by Crippen LogP contribution is 2.07. The SMILES string of the molecule is Cc1csc(CNC(=O)Cc2nccn2C)n1. The van der Waals surface area contributed by atoms with E-state index in [0.29, 0.717) is 13.0 Å². The minimum atomic E-state index is -0.0350. The van der Waals surface area contributed by atoms with Crippen molar-refractivity contribution >= 4 is 17.2 Å². The lowest BCUT2D eigenvalue weighted by atomic mass is 10.4. The van der Waals surface area contributed by atoms with Crippen molar-refractivity contribution in [3.8, 4) is 0 Å². The van der Waals surface area contributed by atoms with E-state index in [2.05, 4.69) is 15.3 Å². The largest absolute Gasteiger partial charge is 0.349 e. The number of amides is 1. The Kier molecular flexibility index (Phi) is 3.53. The number of rotatable bonds is 4. The number of hydrogen-bond acceptors (Lipinski definition) is 4. The van der Waals surface area contributed by atoms with E-state index in [-0.39, 0.29) is 5.91 Å². The Morgan fingerprint density at radius 1 is 1.59 bits per heavy atom. The lowest BCUT2D eigenvalue weighted by Crippen LogP contribution is -2.25. The molecular weight excluding hydrogens is 236 g/mol. The molecule has 2 rings (SSSR count). The van der Waals surface area contributed by atoms with Crippen LogP contribution in [0.4, 0.5) is 0 Å². The van der Waals surface area contributed by atoms with E-state index in [9.17, 15) is 4.79 Å². The highest BCUT2D eigenvalue weighted by Gasteiger charge is 2.07. The molecule has 2 heterocycles. The number of carbonyl (C=O) groups is 1. The van der Waals surface area contributed by atoms with E-state index in [1.54, 1.807) is 17.5 Å². The van der Waals surface area contributed by atoms with Gasteiger partial charge in [0.2, 0.25) is 5.91 Å². The fourth-order valence-corrected chi connectivity index (χ4v) is 2.14. The summed E-state index contributed by atoms with van der Waals surface area (Å²) in [7, 11) is 1.87. The number of nitrogens with zero attached hydrogens (tertiary/aromatic N) is 3. The average Bonchev–Trinajstić information content (AvgIpc) is 2.86. The van der Waals surface area contributed by atoms with Gasteiger partial charge in [-0.3, -0.25) is 4.79 Å². The summed E-state index contributed by atoms with van der Waals surface area (Å²) in [6, 6.07) is 0. The summed E-state index contributed by atoms with van der Waals surface area (Å²) in [5.74, 6) is 0.727. The maximum Gasteiger partial charge on any atom is 0.227 e. The number of thiazole rings is 1. The minimum Gasteiger partial charge on any atom is -0.349 e. The molecule has 0 bridgehead atoms. The minimum absolute atomic E-state index is 0.0350. The average molecular weight is 250 g/mol. The zero-order chi connectivity index (χ0) is 12.3. The van der Waals surface area contributed by atoms with Crippen molar-refractivity contribution in [3.05, 3.63) is 34.3 Å². The zero-order valence-corrected chi connectivity index (χ0v) is 10.6. The predicted molar refractivity (Wildman–Crippen MR) is 65.6 cm³/mol. The summed E-state index contributed by atoms with van der Waals surface area (Å²) in [6.07, 6.45) is 3.81. The molecule has 0 aliphatic rings. The van der Waals surface area contributed by atoms with E-state index >= 15 is 0 Å². The summed E-state index contributed by atoms with van der Waals surface area (Å²) >= 11 is 1.56. The maximum absolute atomic E-state index is 11.7. The van der Waals surface area contributed by atoms with Gasteiger partial charge in [-0.25, -0.2) is 9.97 Å². The van der Waals surface area contributed by atoms with Gasteiger partial charge in [0, 0.05) is 30.5 Å². The molecule has 0 fully saturated rings. The number of imidazole rings is 1. The van der Waals surface area contributed by atoms with Crippen LogP contribution in [0.25, 0.3) is 0 Å². The number of hydrogen-bond donors (Lipinski definition) is 1. The molecule has 5 nitrogen and oxygen atoms in total. The van der Waals surface area contributed by atoms with E-state index in [4.69, 9.17) is 0 Å². The Morgan fingerprint density at radius 3 is 3.00 bits per heavy atom. The molecule has 0 spiro atoms. The summed E-state index contributed by atoms with van der Waals surface area (Å²) in [5.41, 5.74) is 0.989. The molecule has 0 aromatic carbocycles. The number of carbonyl (C=O) groups excluding carboxylic acids is 1. The summed E-state index contributed by atoms with van der Waals surface area (Å²) in [6.45, 7) is 2.43. The van der Waals surface area contributed by atoms with Gasteiger partial charge in [0.1, 0.15) is 10.8 Å². The van der Waals surface area contributed by atoms with Gasteiger partial charge in [-0.05, 0) is 6.92 Å². The molecule has 0 aliphatic carbocycles. The fourth-order valence-electron chi connectivity index (χ4n) is 1.43. The van der Waals surface area contributed by atoms with Crippen molar-refractivity contribution in [2.24, 2.45) is 7.05 Å². The van der Waals surface area contributed by atoms with E-state index in [0.717, 1.165) is 16.5 Å². The smallest absolute Gasteiger partial charge is 0.227 e. The molecule has 0 aliphatic heterocycles. The monoisotopic (exact) mass is 250 g/mol. The van der Waals surface area contributed by atoms with Crippen LogP contribution in [-0.2, 0) is 24.8 Å². The molecule has 0 saturated carbocycles. The molecule has 0 radical (unpaired) electrons. The molecule has 1 N–H and O–H groups in total. The Balaban J connectivity index is 1.84. The number of aromatic nitrogens is 3. The summed E-state index contributed by atoms with van der Waals surface area (Å²) in [5, 5.41) is 5.73. The molecule has 0 unspecified atom stereocenters. The quantitative estimate of drug-likeness (QED) is 0.882. The molecule has 0 atom stereocenters. The molecule has 1 amide bonds. The van der Waals surface area contributed by atoms with Gasteiger partial charge in [-0.15, -0.1) is 11.3 Å². The van der Waals surface area contributed by atoms with Gasteiger partial charge in [-0.1, -0.05) is 0 Å². The maximum atomic E-state index is 11.7. The van der Waals surface area contributed by atoms with Crippen LogP contribution in [0.2, 0.25) is 0 Å². The van der Waals surface area contributed by atoms with Gasteiger partial charge in [0.15, 0.2) is 0 Å². The van der Waals surface area contributed by atoms with Crippen molar-refractivity contribution in [3.63, 3.8) is 0 Å². The van der Waals surface area contributed by atoms with Crippen molar-refractivity contribution in [2.75, 3.05) is 0 Å². The van der Waals surface area contributed by atoms with Gasteiger partial charge >= 0.3 is 0 Å². The predicted octanol–water partition coefficient (Wildman–Crippen LogP) is 1.04. The van der Waals surface area contributed by atoms with Gasteiger partial charge in [0.05, 0.1) is 13.0 Å². The van der Waals surface area contributed by atoms with E-state index in [1.807, 2.05) is 30.1 Å². The third-order valence-corrected chi connectivity index (χ3v) is 3.31. The van der Waals surface area contributed by atoms with Gasteiger partial charge < -0.3 is 9.88 Å². The summed E-state index contributed by atoms with van der Waals surface area (Å²) in [4.78, 5) is 20.0. The van der Waals surface area contributed by atoms with Crippen LogP contribution in [-0.4, -0.2) is 20.4 Å². The van der Waals surface area contributed by atoms with Crippen molar-refractivity contribution in [2.45, 2.75) is 19.9 Å². The van der Waals surface area contributed by atoms with Crippen molar-refractivity contribution in [1.29, 1.82) is 0 Å². The Labute approximate surface area is 104 Å². The van der Waals surface area contributed by atoms with Crippen LogP contribution in [0.1, 0.15) is 16.5 Å². The van der Waals surface area contributed by atoms with Gasteiger partial charge in [0.25, 0.3) is 0 Å². The molecule has 2 aromatic rings. The first-order valence-corrected chi connectivity index (χ1v) is 6.17. The zero-order valence-electron chi connectivity index (χ0n) is 9.80. The molecule has 6 heteroatoms. The normalized spacial score (nSPS) is 10.5. The Morgan fingerprint density at radius 2 is 2.41 bits per heavy atom. The first-order valence-electron chi connectivity index (χ1n) is 5.29. The molecule has 2 aromatic heterocycles. The Bertz CT molecular complexity index is 517. The van der Waals surface area contributed by atoms with Gasteiger partial charge in [-0.2, -0.15) is 0 Å². The summed E-state index contributed by atoms with van der Waals surface area (Å²) < 4.78 is 1.84. The topological polar surface area (TPSA) is 59.8 Å². The van der Waals surface area contributed by atoms with Crippen LogP contribution < -0.4 is 5.32 Å². The molecule has 17 heavy (non-hydrogen) atoms. The molecular formula is C11H14N4OS.